The van der Waals surface area contributed by atoms with Crippen molar-refractivity contribution in [1.82, 2.24) is 4.90 Å². The monoisotopic (exact) mass is 199 g/mol. The molecule has 0 saturated carbocycles. The highest BCUT2D eigenvalue weighted by atomic mass is 16.5. The molecule has 0 aromatic heterocycles. The van der Waals surface area contributed by atoms with Gasteiger partial charge in [0.1, 0.15) is 0 Å². The van der Waals surface area contributed by atoms with Crippen LogP contribution in [0, 0.1) is 11.8 Å². The Bertz CT molecular complexity index is 152. The molecule has 84 valence electrons. The van der Waals surface area contributed by atoms with Crippen molar-refractivity contribution < 1.29 is 4.74 Å². The van der Waals surface area contributed by atoms with E-state index in [0.717, 1.165) is 24.5 Å². The molecule has 0 amide bonds. The largest absolute Gasteiger partial charge is 0.384 e. The van der Waals surface area contributed by atoms with E-state index in [1.807, 2.05) is 7.11 Å². The Morgan fingerprint density at radius 2 is 1.93 bits per heavy atom. The van der Waals surface area contributed by atoms with Crippen LogP contribution >= 0.6 is 0 Å². The topological polar surface area (TPSA) is 12.5 Å². The van der Waals surface area contributed by atoms with Crippen LogP contribution in [0.3, 0.4) is 0 Å². The average molecular weight is 199 g/mol. The highest BCUT2D eigenvalue weighted by Crippen LogP contribution is 2.29. The maximum Gasteiger partial charge on any atom is 0.0503 e. The number of methoxy groups -OCH3 is 1. The molecule has 1 aliphatic rings. The molecule has 1 heterocycles. The third-order valence-electron chi connectivity index (χ3n) is 3.31. The highest BCUT2D eigenvalue weighted by Gasteiger charge is 2.34. The van der Waals surface area contributed by atoms with Gasteiger partial charge in [0.15, 0.2) is 0 Å². The molecule has 2 nitrogen and oxygen atoms in total. The van der Waals surface area contributed by atoms with E-state index in [0.29, 0.717) is 6.04 Å². The molecule has 2 heteroatoms. The zero-order chi connectivity index (χ0) is 10.7. The molecule has 1 fully saturated rings. The molecule has 2 atom stereocenters. The first-order valence-corrected chi connectivity index (χ1v) is 5.81. The average Bonchev–Trinajstić information content (AvgIpc) is 2.49. The zero-order valence-corrected chi connectivity index (χ0v) is 10.3. The van der Waals surface area contributed by atoms with Gasteiger partial charge in [-0.3, -0.25) is 4.90 Å². The van der Waals surface area contributed by atoms with Crippen LogP contribution in [0.1, 0.15) is 34.1 Å². The second kappa shape index (κ2) is 5.13. The lowest BCUT2D eigenvalue weighted by Gasteiger charge is -2.30. The summed E-state index contributed by atoms with van der Waals surface area (Å²) in [6, 6.07) is 1.43. The van der Waals surface area contributed by atoms with Crippen LogP contribution in [0.15, 0.2) is 0 Å². The summed E-state index contributed by atoms with van der Waals surface area (Å²) in [5, 5.41) is 0. The van der Waals surface area contributed by atoms with Gasteiger partial charge in [-0.1, -0.05) is 13.8 Å². The predicted octanol–water partition coefficient (Wildman–Crippen LogP) is 2.39. The lowest BCUT2D eigenvalue weighted by molar-refractivity contribution is 0.143. The third-order valence-corrected chi connectivity index (χ3v) is 3.31. The molecule has 0 unspecified atom stereocenters. The number of rotatable bonds is 4. The standard InChI is InChI=1S/C12H25NO/c1-9(2)12-6-11(8-14-5)7-13(12)10(3)4/h9-12H,6-8H2,1-5H3/t11-,12-/m0/s1. The molecule has 0 bridgehead atoms. The Morgan fingerprint density at radius 1 is 1.29 bits per heavy atom. The normalized spacial score (nSPS) is 29.4. The van der Waals surface area contributed by atoms with Gasteiger partial charge in [0.25, 0.3) is 0 Å². The van der Waals surface area contributed by atoms with Gasteiger partial charge in [0, 0.05) is 25.7 Å². The van der Waals surface area contributed by atoms with Crippen LogP contribution in [0.4, 0.5) is 0 Å². The quantitative estimate of drug-likeness (QED) is 0.689. The van der Waals surface area contributed by atoms with E-state index in [9.17, 15) is 0 Å². The van der Waals surface area contributed by atoms with Gasteiger partial charge >= 0.3 is 0 Å². The second-order valence-electron chi connectivity index (χ2n) is 5.16. The molecule has 0 N–H and O–H groups in total. The van der Waals surface area contributed by atoms with Crippen LogP contribution in [0.25, 0.3) is 0 Å². The van der Waals surface area contributed by atoms with E-state index in [4.69, 9.17) is 4.74 Å². The highest BCUT2D eigenvalue weighted by molar-refractivity contribution is 4.88. The van der Waals surface area contributed by atoms with Crippen molar-refractivity contribution in [3.8, 4) is 0 Å². The summed E-state index contributed by atoms with van der Waals surface area (Å²) in [5.74, 6) is 1.51. The van der Waals surface area contributed by atoms with Gasteiger partial charge < -0.3 is 4.74 Å². The summed E-state index contributed by atoms with van der Waals surface area (Å²) >= 11 is 0. The molecule has 0 aromatic carbocycles. The fourth-order valence-corrected chi connectivity index (χ4v) is 2.59. The number of hydrogen-bond acceptors (Lipinski definition) is 2. The Labute approximate surface area is 88.6 Å². The van der Waals surface area contributed by atoms with Gasteiger partial charge in [-0.05, 0) is 32.1 Å². The van der Waals surface area contributed by atoms with Crippen LogP contribution in [0.5, 0.6) is 0 Å². The van der Waals surface area contributed by atoms with Crippen LogP contribution < -0.4 is 0 Å². The van der Waals surface area contributed by atoms with Crippen molar-refractivity contribution in [2.24, 2.45) is 11.8 Å². The Balaban J connectivity index is 2.56. The maximum atomic E-state index is 5.26. The number of ether oxygens (including phenoxy) is 1. The summed E-state index contributed by atoms with van der Waals surface area (Å²) in [6.07, 6.45) is 1.31. The minimum absolute atomic E-state index is 0.671. The van der Waals surface area contributed by atoms with Gasteiger partial charge in [-0.25, -0.2) is 0 Å². The number of hydrogen-bond donors (Lipinski definition) is 0. The maximum absolute atomic E-state index is 5.26. The smallest absolute Gasteiger partial charge is 0.0503 e. The Hall–Kier alpha value is -0.0800. The van der Waals surface area contributed by atoms with Crippen molar-refractivity contribution in [2.75, 3.05) is 20.3 Å². The van der Waals surface area contributed by atoms with Crippen LogP contribution in [-0.2, 0) is 4.74 Å². The van der Waals surface area contributed by atoms with E-state index in [-0.39, 0.29) is 0 Å². The SMILES string of the molecule is COC[C@H]1C[C@@H](C(C)C)N(C(C)C)C1. The van der Waals surface area contributed by atoms with E-state index in [1.54, 1.807) is 0 Å². The summed E-state index contributed by atoms with van der Waals surface area (Å²) < 4.78 is 5.26. The van der Waals surface area contributed by atoms with E-state index >= 15 is 0 Å². The summed E-state index contributed by atoms with van der Waals surface area (Å²) in [4.78, 5) is 2.63. The lowest BCUT2D eigenvalue weighted by atomic mass is 9.97. The van der Waals surface area contributed by atoms with Crippen molar-refractivity contribution in [3.05, 3.63) is 0 Å². The molecule has 0 radical (unpaired) electrons. The lowest BCUT2D eigenvalue weighted by Crippen LogP contribution is -2.38. The van der Waals surface area contributed by atoms with Crippen molar-refractivity contribution in [2.45, 2.75) is 46.2 Å². The molecule has 1 aliphatic heterocycles. The molecule has 0 aromatic rings. The Morgan fingerprint density at radius 3 is 2.29 bits per heavy atom. The van der Waals surface area contributed by atoms with Crippen LogP contribution in [0.2, 0.25) is 0 Å². The fraction of sp³-hybridized carbons (Fsp3) is 1.00. The minimum Gasteiger partial charge on any atom is -0.384 e. The summed E-state index contributed by atoms with van der Waals surface area (Å²) in [6.45, 7) is 11.4. The first-order chi connectivity index (χ1) is 6.56. The van der Waals surface area contributed by atoms with E-state index in [1.165, 1.54) is 13.0 Å². The van der Waals surface area contributed by atoms with Gasteiger partial charge in [0.05, 0.1) is 6.61 Å². The van der Waals surface area contributed by atoms with E-state index in [2.05, 4.69) is 32.6 Å². The number of likely N-dealkylation sites (tertiary alicyclic amines) is 1. The Kier molecular flexibility index (Phi) is 4.39. The van der Waals surface area contributed by atoms with Crippen LogP contribution in [-0.4, -0.2) is 37.2 Å². The summed E-state index contributed by atoms with van der Waals surface area (Å²) in [7, 11) is 1.81. The van der Waals surface area contributed by atoms with Gasteiger partial charge in [-0.15, -0.1) is 0 Å². The minimum atomic E-state index is 0.671. The van der Waals surface area contributed by atoms with Gasteiger partial charge in [-0.2, -0.15) is 0 Å². The first-order valence-electron chi connectivity index (χ1n) is 5.81. The van der Waals surface area contributed by atoms with Crippen molar-refractivity contribution >= 4 is 0 Å². The third kappa shape index (κ3) is 2.71. The first kappa shape index (κ1) is 12.0. The zero-order valence-electron chi connectivity index (χ0n) is 10.3. The second-order valence-corrected chi connectivity index (χ2v) is 5.16. The fourth-order valence-electron chi connectivity index (χ4n) is 2.59. The van der Waals surface area contributed by atoms with E-state index < -0.39 is 0 Å². The molecular formula is C12H25NO. The predicted molar refractivity (Wildman–Crippen MR) is 60.5 cm³/mol. The molecule has 1 rings (SSSR count). The molecule has 14 heavy (non-hydrogen) atoms. The molecule has 1 saturated heterocycles. The van der Waals surface area contributed by atoms with Gasteiger partial charge in [0.2, 0.25) is 0 Å². The number of nitrogens with zero attached hydrogens (tertiary/aromatic N) is 1. The molecule has 0 spiro atoms. The molecule has 0 aliphatic carbocycles. The van der Waals surface area contributed by atoms with Crippen molar-refractivity contribution in [3.63, 3.8) is 0 Å². The van der Waals surface area contributed by atoms with Crippen molar-refractivity contribution in [1.29, 1.82) is 0 Å². The summed E-state index contributed by atoms with van der Waals surface area (Å²) in [5.41, 5.74) is 0. The molecular weight excluding hydrogens is 174 g/mol.